The number of aromatic nitrogens is 4. The molecule has 23 heavy (non-hydrogen) atoms. The Labute approximate surface area is 139 Å². The molecule has 0 aliphatic carbocycles. The van der Waals surface area contributed by atoms with E-state index in [1.165, 1.54) is 0 Å². The first-order valence-corrected chi connectivity index (χ1v) is 8.76. The lowest BCUT2D eigenvalue weighted by atomic mass is 10.0. The van der Waals surface area contributed by atoms with Crippen molar-refractivity contribution in [3.63, 3.8) is 0 Å². The topological polar surface area (TPSA) is 85.0 Å². The maximum atomic E-state index is 12.8. The van der Waals surface area contributed by atoms with Gasteiger partial charge in [-0.15, -0.1) is 5.10 Å². The molecule has 7 nitrogen and oxygen atoms in total. The summed E-state index contributed by atoms with van der Waals surface area (Å²) in [4.78, 5) is 19.8. The van der Waals surface area contributed by atoms with Crippen LogP contribution in [0, 0.1) is 12.8 Å². The van der Waals surface area contributed by atoms with Crippen LogP contribution in [-0.4, -0.2) is 37.1 Å². The van der Waals surface area contributed by atoms with Gasteiger partial charge in [0.15, 0.2) is 5.82 Å². The smallest absolute Gasteiger partial charge is 0.268 e. The zero-order chi connectivity index (χ0) is 16.4. The predicted molar refractivity (Wildman–Crippen MR) is 85.1 cm³/mol. The van der Waals surface area contributed by atoms with Crippen LogP contribution in [-0.2, 0) is 6.42 Å². The van der Waals surface area contributed by atoms with Crippen LogP contribution in [0.5, 0.6) is 0 Å². The van der Waals surface area contributed by atoms with E-state index in [4.69, 9.17) is 4.52 Å². The van der Waals surface area contributed by atoms with Gasteiger partial charge in [0.25, 0.3) is 5.91 Å². The molecule has 3 rings (SSSR count). The number of likely N-dealkylation sites (tertiary alicyclic amines) is 1. The molecular weight excluding hydrogens is 314 g/mol. The summed E-state index contributed by atoms with van der Waals surface area (Å²) in [7, 11) is 0. The van der Waals surface area contributed by atoms with E-state index < -0.39 is 0 Å². The van der Waals surface area contributed by atoms with Crippen LogP contribution in [0.3, 0.4) is 0 Å². The molecule has 8 heteroatoms. The lowest BCUT2D eigenvalue weighted by Gasteiger charge is -2.33. The third-order valence-corrected chi connectivity index (χ3v) is 4.79. The Balaban J connectivity index is 1.83. The van der Waals surface area contributed by atoms with E-state index >= 15 is 0 Å². The number of aryl methyl sites for hydroxylation is 1. The fourth-order valence-corrected chi connectivity index (χ4v) is 3.45. The maximum Gasteiger partial charge on any atom is 0.268 e. The quantitative estimate of drug-likeness (QED) is 0.854. The van der Waals surface area contributed by atoms with Gasteiger partial charge in [-0.25, -0.2) is 0 Å². The van der Waals surface area contributed by atoms with Gasteiger partial charge in [-0.3, -0.25) is 4.79 Å². The number of piperidine rings is 1. The number of carbonyl (C=O) groups is 1. The van der Waals surface area contributed by atoms with E-state index in [9.17, 15) is 4.79 Å². The van der Waals surface area contributed by atoms with Gasteiger partial charge in [0.2, 0.25) is 5.89 Å². The molecule has 1 aliphatic rings. The second-order valence-corrected chi connectivity index (χ2v) is 7.10. The van der Waals surface area contributed by atoms with E-state index in [1.54, 1.807) is 0 Å². The molecule has 1 aliphatic heterocycles. The molecule has 0 unspecified atom stereocenters. The van der Waals surface area contributed by atoms with Crippen LogP contribution in [0.25, 0.3) is 0 Å². The summed E-state index contributed by atoms with van der Waals surface area (Å²) in [5.41, 5.74) is 0.676. The van der Waals surface area contributed by atoms with Crippen molar-refractivity contribution in [2.24, 2.45) is 5.92 Å². The van der Waals surface area contributed by atoms with Crippen molar-refractivity contribution < 1.29 is 9.32 Å². The molecular formula is C15H21N5O2S. The molecule has 2 aromatic heterocycles. The highest BCUT2D eigenvalue weighted by atomic mass is 32.1. The van der Waals surface area contributed by atoms with Gasteiger partial charge in [-0.1, -0.05) is 23.5 Å². The van der Waals surface area contributed by atoms with Crippen molar-refractivity contribution in [1.29, 1.82) is 0 Å². The molecule has 1 saturated heterocycles. The molecule has 124 valence electrons. The van der Waals surface area contributed by atoms with E-state index in [1.807, 2.05) is 11.8 Å². The lowest BCUT2D eigenvalue weighted by Crippen LogP contribution is -2.38. The van der Waals surface area contributed by atoms with Crippen LogP contribution in [0.2, 0.25) is 0 Å². The third-order valence-electron chi connectivity index (χ3n) is 3.97. The Morgan fingerprint density at radius 1 is 1.43 bits per heavy atom. The first-order valence-electron chi connectivity index (χ1n) is 7.98. The highest BCUT2D eigenvalue weighted by molar-refractivity contribution is 7.07. The summed E-state index contributed by atoms with van der Waals surface area (Å²) in [6, 6.07) is -0.147. The lowest BCUT2D eigenvalue weighted by molar-refractivity contribution is 0.0565. The second-order valence-electron chi connectivity index (χ2n) is 6.34. The zero-order valence-corrected chi connectivity index (χ0v) is 14.5. The molecule has 1 fully saturated rings. The Hall–Kier alpha value is -1.83. The van der Waals surface area contributed by atoms with Crippen molar-refractivity contribution in [3.8, 4) is 0 Å². The minimum absolute atomic E-state index is 0.0363. The molecule has 0 bridgehead atoms. The average Bonchev–Trinajstić information content (AvgIpc) is 3.15. The van der Waals surface area contributed by atoms with E-state index in [0.717, 1.165) is 37.2 Å². The largest absolute Gasteiger partial charge is 0.337 e. The molecule has 1 atom stereocenters. The zero-order valence-electron chi connectivity index (χ0n) is 13.7. The van der Waals surface area contributed by atoms with Crippen LogP contribution in [0.15, 0.2) is 4.52 Å². The Morgan fingerprint density at radius 2 is 2.26 bits per heavy atom. The normalized spacial score (nSPS) is 18.6. The number of amides is 1. The molecule has 3 heterocycles. The van der Waals surface area contributed by atoms with Gasteiger partial charge in [-0.05, 0) is 43.6 Å². The average molecular weight is 335 g/mol. The van der Waals surface area contributed by atoms with Crippen LogP contribution < -0.4 is 0 Å². The standard InChI is InChI=1S/C15H21N5O2S/c1-9(2)8-12-16-14(22-18-12)11-6-4-5-7-20(11)15(21)13-10(3)17-19-23-13/h9,11H,4-8H2,1-3H3/t11-/m1/s1. The Morgan fingerprint density at radius 3 is 2.96 bits per heavy atom. The summed E-state index contributed by atoms with van der Waals surface area (Å²) in [5.74, 6) is 1.69. The maximum absolute atomic E-state index is 12.8. The third kappa shape index (κ3) is 3.41. The minimum atomic E-state index is -0.147. The van der Waals surface area contributed by atoms with Gasteiger partial charge in [0, 0.05) is 13.0 Å². The van der Waals surface area contributed by atoms with Crippen molar-refractivity contribution in [3.05, 3.63) is 22.3 Å². The first-order chi connectivity index (χ1) is 11.1. The monoisotopic (exact) mass is 335 g/mol. The Bertz CT molecular complexity index is 681. The fourth-order valence-electron chi connectivity index (χ4n) is 2.84. The van der Waals surface area contributed by atoms with Gasteiger partial charge in [0.1, 0.15) is 10.9 Å². The van der Waals surface area contributed by atoms with Crippen LogP contribution in [0.1, 0.15) is 66.2 Å². The molecule has 0 spiro atoms. The number of hydrogen-bond acceptors (Lipinski definition) is 7. The fraction of sp³-hybridized carbons (Fsp3) is 0.667. The van der Waals surface area contributed by atoms with Crippen molar-refractivity contribution in [2.75, 3.05) is 6.54 Å². The summed E-state index contributed by atoms with van der Waals surface area (Å²) in [6.45, 7) is 6.74. The molecule has 2 aromatic rings. The Kier molecular flexibility index (Phi) is 4.70. The molecule has 0 N–H and O–H groups in total. The van der Waals surface area contributed by atoms with Crippen LogP contribution >= 0.6 is 11.5 Å². The van der Waals surface area contributed by atoms with Crippen molar-refractivity contribution in [1.82, 2.24) is 24.6 Å². The SMILES string of the molecule is Cc1nnsc1C(=O)N1CCCC[C@@H]1c1nc(CC(C)C)no1. The van der Waals surface area contributed by atoms with Gasteiger partial charge < -0.3 is 9.42 Å². The first kappa shape index (κ1) is 16.0. The number of nitrogens with zero attached hydrogens (tertiary/aromatic N) is 5. The summed E-state index contributed by atoms with van der Waals surface area (Å²) in [6.07, 6.45) is 3.67. The summed E-state index contributed by atoms with van der Waals surface area (Å²) >= 11 is 1.14. The van der Waals surface area contributed by atoms with Gasteiger partial charge >= 0.3 is 0 Å². The summed E-state index contributed by atoms with van der Waals surface area (Å²) < 4.78 is 9.32. The van der Waals surface area contributed by atoms with Crippen molar-refractivity contribution >= 4 is 17.4 Å². The molecule has 0 aromatic carbocycles. The van der Waals surface area contributed by atoms with E-state index in [2.05, 4.69) is 33.6 Å². The second kappa shape index (κ2) is 6.74. The number of hydrogen-bond donors (Lipinski definition) is 0. The molecule has 0 radical (unpaired) electrons. The van der Waals surface area contributed by atoms with Gasteiger partial charge in [-0.2, -0.15) is 4.98 Å². The molecule has 1 amide bonds. The number of rotatable bonds is 4. The summed E-state index contributed by atoms with van der Waals surface area (Å²) in [5, 5.41) is 8.00. The highest BCUT2D eigenvalue weighted by Crippen LogP contribution is 2.32. The van der Waals surface area contributed by atoms with Gasteiger partial charge in [0.05, 0.1) is 5.69 Å². The highest BCUT2D eigenvalue weighted by Gasteiger charge is 2.34. The van der Waals surface area contributed by atoms with Crippen molar-refractivity contribution in [2.45, 2.75) is 52.5 Å². The van der Waals surface area contributed by atoms with E-state index in [-0.39, 0.29) is 11.9 Å². The predicted octanol–water partition coefficient (Wildman–Crippen LogP) is 2.80. The van der Waals surface area contributed by atoms with E-state index in [0.29, 0.717) is 34.7 Å². The van der Waals surface area contributed by atoms with Crippen LogP contribution in [0.4, 0.5) is 0 Å². The minimum Gasteiger partial charge on any atom is -0.337 e. The molecule has 0 saturated carbocycles. The number of carbonyl (C=O) groups excluding carboxylic acids is 1.